The number of amides is 3. The molecule has 1 atom stereocenters. The Morgan fingerprint density at radius 1 is 1.41 bits per heavy atom. The molecule has 0 aromatic rings. The lowest BCUT2D eigenvalue weighted by atomic mass is 10.2. The van der Waals surface area contributed by atoms with Gasteiger partial charge in [-0.1, -0.05) is 6.92 Å². The molecule has 0 aliphatic carbocycles. The highest BCUT2D eigenvalue weighted by molar-refractivity contribution is 5.96. The molecule has 1 unspecified atom stereocenters. The average molecular weight is 240 g/mol. The maximum atomic E-state index is 11.7. The molecule has 0 aromatic heterocycles. The summed E-state index contributed by atoms with van der Waals surface area (Å²) >= 11 is 0. The molecule has 0 saturated carbocycles. The van der Waals surface area contributed by atoms with Gasteiger partial charge in [-0.15, -0.1) is 0 Å². The molecule has 0 aliphatic heterocycles. The van der Waals surface area contributed by atoms with Crippen LogP contribution in [0.3, 0.4) is 0 Å². The molecule has 0 bridgehead atoms. The third kappa shape index (κ3) is 5.88. The molecule has 0 spiro atoms. The molecular formula is C11H20N4O2. The lowest BCUT2D eigenvalue weighted by Gasteiger charge is -2.24. The lowest BCUT2D eigenvalue weighted by Crippen LogP contribution is -2.49. The van der Waals surface area contributed by atoms with E-state index in [0.717, 1.165) is 6.42 Å². The zero-order valence-corrected chi connectivity index (χ0v) is 10.6. The summed E-state index contributed by atoms with van der Waals surface area (Å²) in [5, 5.41) is 13.4. The summed E-state index contributed by atoms with van der Waals surface area (Å²) in [6, 6.07) is 1.02. The van der Waals surface area contributed by atoms with Gasteiger partial charge in [0.05, 0.1) is 18.7 Å². The summed E-state index contributed by atoms with van der Waals surface area (Å²) in [5.74, 6) is -0.389. The van der Waals surface area contributed by atoms with Gasteiger partial charge in [0.25, 0.3) is 0 Å². The van der Waals surface area contributed by atoms with Crippen LogP contribution in [0.2, 0.25) is 0 Å². The number of nitriles is 1. The van der Waals surface area contributed by atoms with Gasteiger partial charge < -0.3 is 5.32 Å². The van der Waals surface area contributed by atoms with Crippen LogP contribution < -0.4 is 10.6 Å². The second kappa shape index (κ2) is 8.53. The van der Waals surface area contributed by atoms with Crippen LogP contribution in [0.1, 0.15) is 27.2 Å². The Bertz CT molecular complexity index is 298. The quantitative estimate of drug-likeness (QED) is 0.660. The number of carbonyl (C=O) groups is 2. The van der Waals surface area contributed by atoms with Crippen LogP contribution >= 0.6 is 0 Å². The van der Waals surface area contributed by atoms with Gasteiger partial charge >= 0.3 is 6.03 Å². The second-order valence-corrected chi connectivity index (χ2v) is 3.65. The number of rotatable bonds is 6. The van der Waals surface area contributed by atoms with Crippen molar-refractivity contribution in [2.45, 2.75) is 33.2 Å². The van der Waals surface area contributed by atoms with Crippen LogP contribution in [0.15, 0.2) is 0 Å². The molecule has 17 heavy (non-hydrogen) atoms. The molecule has 0 aliphatic rings. The monoisotopic (exact) mass is 240 g/mol. The van der Waals surface area contributed by atoms with Gasteiger partial charge in [-0.25, -0.2) is 4.79 Å². The van der Waals surface area contributed by atoms with Crippen molar-refractivity contribution >= 4 is 11.9 Å². The van der Waals surface area contributed by atoms with Crippen molar-refractivity contribution in [3.05, 3.63) is 0 Å². The zero-order chi connectivity index (χ0) is 13.3. The van der Waals surface area contributed by atoms with Crippen molar-refractivity contribution < 1.29 is 9.59 Å². The van der Waals surface area contributed by atoms with E-state index >= 15 is 0 Å². The molecule has 0 rings (SSSR count). The van der Waals surface area contributed by atoms with Crippen LogP contribution in [0.5, 0.6) is 0 Å². The van der Waals surface area contributed by atoms with E-state index in [1.54, 1.807) is 18.7 Å². The van der Waals surface area contributed by atoms with Crippen molar-refractivity contribution in [1.82, 2.24) is 15.5 Å². The SMILES string of the molecule is CCCN(CC#N)C(C)C(=O)NC(=O)NCC. The van der Waals surface area contributed by atoms with Crippen LogP contribution in [0.25, 0.3) is 0 Å². The van der Waals surface area contributed by atoms with Crippen LogP contribution in [0.4, 0.5) is 4.79 Å². The smallest absolute Gasteiger partial charge is 0.321 e. The van der Waals surface area contributed by atoms with E-state index in [-0.39, 0.29) is 12.5 Å². The number of urea groups is 1. The maximum Gasteiger partial charge on any atom is 0.321 e. The zero-order valence-electron chi connectivity index (χ0n) is 10.6. The van der Waals surface area contributed by atoms with Crippen molar-refractivity contribution in [3.8, 4) is 6.07 Å². The summed E-state index contributed by atoms with van der Waals surface area (Å²) in [6.45, 7) is 6.71. The van der Waals surface area contributed by atoms with E-state index in [2.05, 4.69) is 10.6 Å². The molecule has 0 fully saturated rings. The molecule has 96 valence electrons. The minimum Gasteiger partial charge on any atom is -0.338 e. The standard InChI is InChI=1S/C11H20N4O2/c1-4-7-15(8-6-12)9(3)10(16)14-11(17)13-5-2/h9H,4-5,7-8H2,1-3H3,(H2,13,14,16,17). The van der Waals surface area contributed by atoms with E-state index < -0.39 is 12.1 Å². The van der Waals surface area contributed by atoms with E-state index in [1.807, 2.05) is 13.0 Å². The highest BCUT2D eigenvalue weighted by Crippen LogP contribution is 2.00. The third-order valence-electron chi connectivity index (χ3n) is 2.29. The number of nitrogens with zero attached hydrogens (tertiary/aromatic N) is 2. The lowest BCUT2D eigenvalue weighted by molar-refractivity contribution is -0.124. The Morgan fingerprint density at radius 2 is 2.06 bits per heavy atom. The van der Waals surface area contributed by atoms with Crippen LogP contribution in [-0.4, -0.2) is 42.5 Å². The molecule has 0 saturated heterocycles. The van der Waals surface area contributed by atoms with Gasteiger partial charge in [-0.05, 0) is 26.8 Å². The van der Waals surface area contributed by atoms with Gasteiger partial charge in [0, 0.05) is 6.54 Å². The molecule has 2 N–H and O–H groups in total. The Kier molecular flexibility index (Phi) is 7.72. The summed E-state index contributed by atoms with van der Waals surface area (Å²) < 4.78 is 0. The fourth-order valence-corrected chi connectivity index (χ4v) is 1.37. The number of imide groups is 1. The first-order valence-electron chi connectivity index (χ1n) is 5.76. The van der Waals surface area contributed by atoms with Gasteiger partial charge in [0.1, 0.15) is 0 Å². The summed E-state index contributed by atoms with van der Waals surface area (Å²) in [4.78, 5) is 24.6. The minimum absolute atomic E-state index is 0.178. The predicted octanol–water partition coefficient (Wildman–Crippen LogP) is 0.456. The van der Waals surface area contributed by atoms with Crippen molar-refractivity contribution in [3.63, 3.8) is 0 Å². The summed E-state index contributed by atoms with van der Waals surface area (Å²) in [5.41, 5.74) is 0. The Morgan fingerprint density at radius 3 is 2.53 bits per heavy atom. The van der Waals surface area contributed by atoms with Crippen LogP contribution in [-0.2, 0) is 4.79 Å². The van der Waals surface area contributed by atoms with Gasteiger partial charge in [0.15, 0.2) is 0 Å². The normalized spacial score (nSPS) is 11.7. The molecule has 3 amide bonds. The van der Waals surface area contributed by atoms with Crippen LogP contribution in [0, 0.1) is 11.3 Å². The number of hydrogen-bond donors (Lipinski definition) is 2. The molecule has 6 heteroatoms. The highest BCUT2D eigenvalue weighted by atomic mass is 16.2. The van der Waals surface area contributed by atoms with Gasteiger partial charge in [-0.3, -0.25) is 15.0 Å². The molecule has 0 radical (unpaired) electrons. The predicted molar refractivity (Wildman–Crippen MR) is 64.2 cm³/mol. The molecule has 0 heterocycles. The molecule has 6 nitrogen and oxygen atoms in total. The third-order valence-corrected chi connectivity index (χ3v) is 2.29. The van der Waals surface area contributed by atoms with E-state index in [9.17, 15) is 9.59 Å². The fraction of sp³-hybridized carbons (Fsp3) is 0.727. The number of carbonyl (C=O) groups excluding carboxylic acids is 2. The largest absolute Gasteiger partial charge is 0.338 e. The average Bonchev–Trinajstić information content (AvgIpc) is 2.28. The van der Waals surface area contributed by atoms with Gasteiger partial charge in [-0.2, -0.15) is 5.26 Å². The number of hydrogen-bond acceptors (Lipinski definition) is 4. The first-order chi connectivity index (χ1) is 8.06. The molecular weight excluding hydrogens is 220 g/mol. The number of nitrogens with one attached hydrogen (secondary N) is 2. The summed E-state index contributed by atoms with van der Waals surface area (Å²) in [6.07, 6.45) is 0.848. The van der Waals surface area contributed by atoms with Crippen molar-refractivity contribution in [1.29, 1.82) is 5.26 Å². The van der Waals surface area contributed by atoms with E-state index in [1.165, 1.54) is 0 Å². The Balaban J connectivity index is 4.34. The van der Waals surface area contributed by atoms with E-state index in [4.69, 9.17) is 5.26 Å². The Labute approximate surface area is 102 Å². The van der Waals surface area contributed by atoms with E-state index in [0.29, 0.717) is 13.1 Å². The second-order valence-electron chi connectivity index (χ2n) is 3.65. The van der Waals surface area contributed by atoms with Crippen molar-refractivity contribution in [2.24, 2.45) is 0 Å². The minimum atomic E-state index is -0.502. The van der Waals surface area contributed by atoms with Crippen molar-refractivity contribution in [2.75, 3.05) is 19.6 Å². The Hall–Kier alpha value is -1.61. The first kappa shape index (κ1) is 15.4. The fourth-order valence-electron chi connectivity index (χ4n) is 1.37. The maximum absolute atomic E-state index is 11.7. The first-order valence-corrected chi connectivity index (χ1v) is 5.76. The highest BCUT2D eigenvalue weighted by Gasteiger charge is 2.21. The van der Waals surface area contributed by atoms with Gasteiger partial charge in [0.2, 0.25) is 5.91 Å². The molecule has 0 aromatic carbocycles. The topological polar surface area (TPSA) is 85.2 Å². The summed E-state index contributed by atoms with van der Waals surface area (Å²) in [7, 11) is 0.